The number of halogens is 1. The smallest absolute Gasteiger partial charge is 0.254 e. The van der Waals surface area contributed by atoms with Crippen molar-refractivity contribution in [2.24, 2.45) is 0 Å². The molecule has 1 aromatic heterocycles. The number of nitrogens with one attached hydrogen (secondary N) is 3. The van der Waals surface area contributed by atoms with Gasteiger partial charge in [0, 0.05) is 18.3 Å². The van der Waals surface area contributed by atoms with E-state index in [4.69, 9.17) is 0 Å². The molecule has 0 unspecified atom stereocenters. The Hall–Kier alpha value is -1.07. The van der Waals surface area contributed by atoms with Crippen LogP contribution in [0, 0.1) is 6.92 Å². The number of carbonyl (C=O) groups is 1. The zero-order valence-electron chi connectivity index (χ0n) is 9.25. The van der Waals surface area contributed by atoms with Crippen LogP contribution in [0.25, 0.3) is 0 Å². The predicted molar refractivity (Wildman–Crippen MR) is 63.9 cm³/mol. The molecule has 1 saturated heterocycles. The molecule has 0 radical (unpaired) electrons. The van der Waals surface area contributed by atoms with Gasteiger partial charge in [-0.15, -0.1) is 12.4 Å². The van der Waals surface area contributed by atoms with E-state index in [-0.39, 0.29) is 24.4 Å². The van der Waals surface area contributed by atoms with E-state index in [9.17, 15) is 4.79 Å². The van der Waals surface area contributed by atoms with Gasteiger partial charge in [0.2, 0.25) is 0 Å². The normalized spacial score (nSPS) is 19.9. The maximum absolute atomic E-state index is 11.8. The van der Waals surface area contributed by atoms with Crippen LogP contribution in [0.15, 0.2) is 6.20 Å². The molecule has 1 aliphatic heterocycles. The van der Waals surface area contributed by atoms with E-state index in [2.05, 4.69) is 20.8 Å². The largest absolute Gasteiger partial charge is 0.348 e. The Labute approximate surface area is 101 Å². The first-order chi connectivity index (χ1) is 7.27. The van der Waals surface area contributed by atoms with Gasteiger partial charge in [0.05, 0.1) is 11.8 Å². The van der Waals surface area contributed by atoms with Crippen LogP contribution in [0.1, 0.15) is 28.9 Å². The molecule has 2 rings (SSSR count). The fraction of sp³-hybridized carbons (Fsp3) is 0.600. The topological polar surface area (TPSA) is 69.8 Å². The van der Waals surface area contributed by atoms with E-state index in [1.54, 1.807) is 6.20 Å². The van der Waals surface area contributed by atoms with Crippen LogP contribution >= 0.6 is 12.4 Å². The first-order valence-corrected chi connectivity index (χ1v) is 5.29. The van der Waals surface area contributed by atoms with Gasteiger partial charge in [0.25, 0.3) is 5.91 Å². The number of aromatic nitrogens is 2. The van der Waals surface area contributed by atoms with Crippen molar-refractivity contribution in [2.45, 2.75) is 25.8 Å². The van der Waals surface area contributed by atoms with E-state index < -0.39 is 0 Å². The summed E-state index contributed by atoms with van der Waals surface area (Å²) in [7, 11) is 0. The molecular formula is C10H17ClN4O. The number of aromatic amines is 1. The van der Waals surface area contributed by atoms with Crippen molar-refractivity contribution in [1.82, 2.24) is 20.8 Å². The van der Waals surface area contributed by atoms with E-state index in [0.29, 0.717) is 5.56 Å². The number of amides is 1. The summed E-state index contributed by atoms with van der Waals surface area (Å²) >= 11 is 0. The van der Waals surface area contributed by atoms with Crippen LogP contribution in [-0.2, 0) is 0 Å². The van der Waals surface area contributed by atoms with E-state index in [0.717, 1.165) is 31.6 Å². The van der Waals surface area contributed by atoms with Gasteiger partial charge < -0.3 is 10.6 Å². The molecule has 6 heteroatoms. The molecule has 0 bridgehead atoms. The summed E-state index contributed by atoms with van der Waals surface area (Å²) in [5.74, 6) is -0.0325. The summed E-state index contributed by atoms with van der Waals surface area (Å²) in [5, 5.41) is 12.9. The lowest BCUT2D eigenvalue weighted by atomic mass is 10.1. The average Bonchev–Trinajstić information content (AvgIpc) is 2.66. The molecule has 90 valence electrons. The highest BCUT2D eigenvalue weighted by Gasteiger charge is 2.17. The summed E-state index contributed by atoms with van der Waals surface area (Å²) in [6.45, 7) is 3.76. The Bertz CT molecular complexity index is 346. The van der Waals surface area contributed by atoms with Gasteiger partial charge in [0.1, 0.15) is 0 Å². The summed E-state index contributed by atoms with van der Waals surface area (Å²) < 4.78 is 0. The molecule has 16 heavy (non-hydrogen) atoms. The van der Waals surface area contributed by atoms with Crippen LogP contribution in [0.4, 0.5) is 0 Å². The molecule has 0 saturated carbocycles. The molecule has 0 aliphatic carbocycles. The van der Waals surface area contributed by atoms with Crippen LogP contribution in [-0.4, -0.2) is 35.2 Å². The zero-order valence-corrected chi connectivity index (χ0v) is 10.1. The first kappa shape index (κ1) is 13.0. The van der Waals surface area contributed by atoms with Crippen molar-refractivity contribution < 1.29 is 4.79 Å². The standard InChI is InChI=1S/C10H16N4O.ClH/c1-7-9(6-12-14-7)10(15)13-8-3-2-4-11-5-8;/h6,8,11H,2-5H2,1H3,(H,12,14)(H,13,15);1H/t8-;/m1./s1. The van der Waals surface area contributed by atoms with Gasteiger partial charge in [-0.1, -0.05) is 0 Å². The highest BCUT2D eigenvalue weighted by Crippen LogP contribution is 2.06. The van der Waals surface area contributed by atoms with Crippen molar-refractivity contribution in [3.63, 3.8) is 0 Å². The fourth-order valence-corrected chi connectivity index (χ4v) is 1.82. The number of piperidine rings is 1. The Morgan fingerprint density at radius 3 is 3.00 bits per heavy atom. The van der Waals surface area contributed by atoms with Crippen LogP contribution in [0.5, 0.6) is 0 Å². The molecule has 0 spiro atoms. The number of hydrogen-bond donors (Lipinski definition) is 3. The molecule has 2 heterocycles. The SMILES string of the molecule is Cc1[nH]ncc1C(=O)N[C@@H]1CCCNC1.Cl. The van der Waals surface area contributed by atoms with E-state index in [1.807, 2.05) is 6.92 Å². The van der Waals surface area contributed by atoms with Crippen LogP contribution < -0.4 is 10.6 Å². The van der Waals surface area contributed by atoms with E-state index >= 15 is 0 Å². The van der Waals surface area contributed by atoms with Crippen LogP contribution in [0.3, 0.4) is 0 Å². The summed E-state index contributed by atoms with van der Waals surface area (Å²) in [6.07, 6.45) is 3.74. The number of nitrogens with zero attached hydrogens (tertiary/aromatic N) is 1. The Morgan fingerprint density at radius 2 is 2.44 bits per heavy atom. The molecule has 1 aliphatic rings. The molecular weight excluding hydrogens is 228 g/mol. The number of H-pyrrole nitrogens is 1. The second kappa shape index (κ2) is 5.86. The maximum Gasteiger partial charge on any atom is 0.254 e. The second-order valence-electron chi connectivity index (χ2n) is 3.93. The van der Waals surface area contributed by atoms with Crippen LogP contribution in [0.2, 0.25) is 0 Å². The molecule has 1 fully saturated rings. The molecule has 5 nitrogen and oxygen atoms in total. The average molecular weight is 245 g/mol. The maximum atomic E-state index is 11.8. The third kappa shape index (κ3) is 2.96. The fourth-order valence-electron chi connectivity index (χ4n) is 1.82. The summed E-state index contributed by atoms with van der Waals surface area (Å²) in [5.41, 5.74) is 1.46. The summed E-state index contributed by atoms with van der Waals surface area (Å²) in [6, 6.07) is 0.251. The third-order valence-electron chi connectivity index (χ3n) is 2.71. The lowest BCUT2D eigenvalue weighted by molar-refractivity contribution is 0.0930. The zero-order chi connectivity index (χ0) is 10.7. The van der Waals surface area contributed by atoms with Crippen molar-refractivity contribution in [3.8, 4) is 0 Å². The quantitative estimate of drug-likeness (QED) is 0.715. The van der Waals surface area contributed by atoms with Crippen molar-refractivity contribution >= 4 is 18.3 Å². The minimum absolute atomic E-state index is 0. The lowest BCUT2D eigenvalue weighted by Gasteiger charge is -2.23. The highest BCUT2D eigenvalue weighted by molar-refractivity contribution is 5.95. The van der Waals surface area contributed by atoms with Crippen molar-refractivity contribution in [2.75, 3.05) is 13.1 Å². The Balaban J connectivity index is 0.00000128. The van der Waals surface area contributed by atoms with Gasteiger partial charge in [-0.05, 0) is 26.3 Å². The number of hydrogen-bond acceptors (Lipinski definition) is 3. The van der Waals surface area contributed by atoms with Gasteiger partial charge in [-0.25, -0.2) is 0 Å². The Kier molecular flexibility index (Phi) is 4.76. The number of aryl methyl sites for hydroxylation is 1. The van der Waals surface area contributed by atoms with Gasteiger partial charge >= 0.3 is 0 Å². The van der Waals surface area contributed by atoms with Crippen molar-refractivity contribution in [3.05, 3.63) is 17.5 Å². The van der Waals surface area contributed by atoms with E-state index in [1.165, 1.54) is 0 Å². The minimum Gasteiger partial charge on any atom is -0.348 e. The van der Waals surface area contributed by atoms with Gasteiger partial charge in [-0.3, -0.25) is 9.89 Å². The number of carbonyl (C=O) groups excluding carboxylic acids is 1. The Morgan fingerprint density at radius 1 is 1.62 bits per heavy atom. The third-order valence-corrected chi connectivity index (χ3v) is 2.71. The lowest BCUT2D eigenvalue weighted by Crippen LogP contribution is -2.45. The minimum atomic E-state index is -0.0325. The molecule has 0 aromatic carbocycles. The van der Waals surface area contributed by atoms with Gasteiger partial charge in [-0.2, -0.15) is 5.10 Å². The monoisotopic (exact) mass is 244 g/mol. The predicted octanol–water partition coefficient (Wildman–Crippen LogP) is 0.622. The number of rotatable bonds is 2. The van der Waals surface area contributed by atoms with Gasteiger partial charge in [0.15, 0.2) is 0 Å². The molecule has 1 aromatic rings. The van der Waals surface area contributed by atoms with Crippen molar-refractivity contribution in [1.29, 1.82) is 0 Å². The second-order valence-corrected chi connectivity index (χ2v) is 3.93. The summed E-state index contributed by atoms with van der Waals surface area (Å²) in [4.78, 5) is 11.8. The molecule has 1 atom stereocenters. The first-order valence-electron chi connectivity index (χ1n) is 5.29. The molecule has 3 N–H and O–H groups in total. The molecule has 1 amide bonds. The highest BCUT2D eigenvalue weighted by atomic mass is 35.5.